The van der Waals surface area contributed by atoms with Crippen molar-refractivity contribution in [2.45, 2.75) is 0 Å². The molecule has 0 bridgehead atoms. The van der Waals surface area contributed by atoms with E-state index in [0.717, 1.165) is 23.2 Å². The van der Waals surface area contributed by atoms with Gasteiger partial charge < -0.3 is 0 Å². The summed E-state index contributed by atoms with van der Waals surface area (Å²) in [5.74, 6) is 0.0550. The number of halogens is 3. The SMILES string of the molecule is O=C(c1sccc1Br)c1scc(Br)c1Br. The van der Waals surface area contributed by atoms with Gasteiger partial charge in [-0.15, -0.1) is 22.7 Å². The van der Waals surface area contributed by atoms with Crippen LogP contribution in [0.15, 0.2) is 30.2 Å². The van der Waals surface area contributed by atoms with Crippen LogP contribution >= 0.6 is 70.5 Å². The zero-order chi connectivity index (χ0) is 11.0. The van der Waals surface area contributed by atoms with E-state index in [4.69, 9.17) is 0 Å². The Morgan fingerprint density at radius 3 is 2.27 bits per heavy atom. The van der Waals surface area contributed by atoms with E-state index in [-0.39, 0.29) is 5.78 Å². The predicted molar refractivity (Wildman–Crippen MR) is 75.2 cm³/mol. The number of rotatable bonds is 2. The van der Waals surface area contributed by atoms with E-state index < -0.39 is 0 Å². The normalized spacial score (nSPS) is 10.6. The monoisotopic (exact) mass is 428 g/mol. The van der Waals surface area contributed by atoms with Gasteiger partial charge in [0.15, 0.2) is 0 Å². The van der Waals surface area contributed by atoms with Crippen molar-refractivity contribution in [1.29, 1.82) is 0 Å². The summed E-state index contributed by atoms with van der Waals surface area (Å²) in [6.45, 7) is 0. The first kappa shape index (κ1) is 12.0. The maximum atomic E-state index is 12.1. The van der Waals surface area contributed by atoms with Crippen molar-refractivity contribution in [3.05, 3.63) is 40.0 Å². The highest BCUT2D eigenvalue weighted by molar-refractivity contribution is 9.13. The summed E-state index contributed by atoms with van der Waals surface area (Å²) in [7, 11) is 0. The molecule has 0 spiro atoms. The molecular formula is C9H3Br3OS2. The van der Waals surface area contributed by atoms with E-state index in [2.05, 4.69) is 47.8 Å². The molecule has 6 heteroatoms. The van der Waals surface area contributed by atoms with Crippen LogP contribution in [0.25, 0.3) is 0 Å². The summed E-state index contributed by atoms with van der Waals surface area (Å²) in [5, 5.41) is 3.80. The van der Waals surface area contributed by atoms with E-state index in [0.29, 0.717) is 0 Å². The number of thiophene rings is 2. The number of carbonyl (C=O) groups is 1. The Bertz CT molecular complexity index is 515. The Morgan fingerprint density at radius 1 is 1.07 bits per heavy atom. The second-order valence-electron chi connectivity index (χ2n) is 2.65. The molecule has 15 heavy (non-hydrogen) atoms. The lowest BCUT2D eigenvalue weighted by Gasteiger charge is -1.96. The number of hydrogen-bond acceptors (Lipinski definition) is 3. The molecule has 2 rings (SSSR count). The molecule has 2 aromatic heterocycles. The van der Waals surface area contributed by atoms with Crippen molar-refractivity contribution in [1.82, 2.24) is 0 Å². The molecule has 0 atom stereocenters. The molecular weight excluding hydrogens is 428 g/mol. The van der Waals surface area contributed by atoms with Gasteiger partial charge in [0.1, 0.15) is 0 Å². The number of ketones is 1. The molecule has 0 saturated heterocycles. The van der Waals surface area contributed by atoms with E-state index in [9.17, 15) is 4.79 Å². The van der Waals surface area contributed by atoms with Crippen LogP contribution in [0, 0.1) is 0 Å². The highest BCUT2D eigenvalue weighted by atomic mass is 79.9. The fourth-order valence-electron chi connectivity index (χ4n) is 1.03. The topological polar surface area (TPSA) is 17.1 Å². The lowest BCUT2D eigenvalue weighted by Crippen LogP contribution is -1.96. The second kappa shape index (κ2) is 4.79. The van der Waals surface area contributed by atoms with Crippen molar-refractivity contribution in [2.75, 3.05) is 0 Å². The van der Waals surface area contributed by atoms with Crippen molar-refractivity contribution in [2.24, 2.45) is 0 Å². The molecule has 0 unspecified atom stereocenters. The lowest BCUT2D eigenvalue weighted by atomic mass is 10.3. The summed E-state index contributed by atoms with van der Waals surface area (Å²) >= 11 is 13.0. The Hall–Kier alpha value is 0.510. The van der Waals surface area contributed by atoms with Crippen LogP contribution < -0.4 is 0 Å². The zero-order valence-electron chi connectivity index (χ0n) is 7.09. The Labute approximate surface area is 120 Å². The van der Waals surface area contributed by atoms with Gasteiger partial charge in [-0.3, -0.25) is 4.79 Å². The second-order valence-corrected chi connectivity index (χ2v) is 6.95. The van der Waals surface area contributed by atoms with Gasteiger partial charge in [0, 0.05) is 14.3 Å². The quantitative estimate of drug-likeness (QED) is 0.588. The first-order valence-electron chi connectivity index (χ1n) is 3.81. The van der Waals surface area contributed by atoms with Crippen LogP contribution in [-0.2, 0) is 0 Å². The minimum atomic E-state index is 0.0550. The summed E-state index contributed by atoms with van der Waals surface area (Å²) < 4.78 is 2.61. The molecule has 0 aliphatic heterocycles. The third-order valence-electron chi connectivity index (χ3n) is 1.72. The third-order valence-corrected chi connectivity index (χ3v) is 7.08. The van der Waals surface area contributed by atoms with E-state index in [1.54, 1.807) is 0 Å². The van der Waals surface area contributed by atoms with E-state index in [1.807, 2.05) is 16.8 Å². The predicted octanol–water partition coefficient (Wildman–Crippen LogP) is 5.33. The van der Waals surface area contributed by atoms with Gasteiger partial charge in [-0.05, 0) is 59.2 Å². The van der Waals surface area contributed by atoms with Gasteiger partial charge in [-0.1, -0.05) is 0 Å². The number of carbonyl (C=O) groups excluding carboxylic acids is 1. The standard InChI is InChI=1S/C9H3Br3OS2/c10-4-1-2-14-8(4)7(13)9-6(12)5(11)3-15-9/h1-3H. The van der Waals surface area contributed by atoms with E-state index in [1.165, 1.54) is 22.7 Å². The zero-order valence-corrected chi connectivity index (χ0v) is 13.5. The molecule has 0 N–H and O–H groups in total. The Balaban J connectivity index is 2.46. The highest BCUT2D eigenvalue weighted by Gasteiger charge is 2.19. The third kappa shape index (κ3) is 2.29. The van der Waals surface area contributed by atoms with Crippen LogP contribution in [0.1, 0.15) is 14.5 Å². The van der Waals surface area contributed by atoms with Crippen LogP contribution in [0.3, 0.4) is 0 Å². The summed E-state index contributed by atoms with van der Waals surface area (Å²) in [4.78, 5) is 13.6. The number of hydrogen-bond donors (Lipinski definition) is 0. The average molecular weight is 431 g/mol. The highest BCUT2D eigenvalue weighted by Crippen LogP contribution is 2.36. The molecule has 0 aliphatic rings. The smallest absolute Gasteiger partial charge is 0.215 e. The van der Waals surface area contributed by atoms with E-state index >= 15 is 0 Å². The molecule has 2 heterocycles. The first-order valence-corrected chi connectivity index (χ1v) is 7.95. The molecule has 0 saturated carbocycles. The van der Waals surface area contributed by atoms with Gasteiger partial charge in [0.2, 0.25) is 5.78 Å². The molecule has 0 aromatic carbocycles. The molecule has 0 amide bonds. The summed E-state index contributed by atoms with van der Waals surface area (Å²) in [5.41, 5.74) is 0. The molecule has 0 aliphatic carbocycles. The maximum Gasteiger partial charge on any atom is 0.215 e. The fraction of sp³-hybridized carbons (Fsp3) is 0. The van der Waals surface area contributed by atoms with Gasteiger partial charge >= 0.3 is 0 Å². The van der Waals surface area contributed by atoms with Crippen molar-refractivity contribution in [3.8, 4) is 0 Å². The molecule has 0 fully saturated rings. The van der Waals surface area contributed by atoms with Gasteiger partial charge in [0.05, 0.1) is 14.2 Å². The van der Waals surface area contributed by atoms with Crippen LogP contribution in [0.2, 0.25) is 0 Å². The van der Waals surface area contributed by atoms with Gasteiger partial charge in [-0.25, -0.2) is 0 Å². The summed E-state index contributed by atoms with van der Waals surface area (Å²) in [6.07, 6.45) is 0. The van der Waals surface area contributed by atoms with Gasteiger partial charge in [0.25, 0.3) is 0 Å². The van der Waals surface area contributed by atoms with Crippen molar-refractivity contribution < 1.29 is 4.79 Å². The summed E-state index contributed by atoms with van der Waals surface area (Å²) in [6, 6.07) is 1.88. The van der Waals surface area contributed by atoms with Crippen LogP contribution in [-0.4, -0.2) is 5.78 Å². The lowest BCUT2D eigenvalue weighted by molar-refractivity contribution is 0.104. The molecule has 78 valence electrons. The van der Waals surface area contributed by atoms with Crippen molar-refractivity contribution in [3.63, 3.8) is 0 Å². The first-order chi connectivity index (χ1) is 7.11. The maximum absolute atomic E-state index is 12.1. The minimum absolute atomic E-state index is 0.0550. The fourth-order valence-corrected chi connectivity index (χ4v) is 4.69. The van der Waals surface area contributed by atoms with Crippen LogP contribution in [0.5, 0.6) is 0 Å². The average Bonchev–Trinajstić information content (AvgIpc) is 2.75. The Kier molecular flexibility index (Phi) is 3.83. The Morgan fingerprint density at radius 2 is 1.80 bits per heavy atom. The molecule has 2 aromatic rings. The van der Waals surface area contributed by atoms with Crippen LogP contribution in [0.4, 0.5) is 0 Å². The minimum Gasteiger partial charge on any atom is -0.287 e. The molecule has 0 radical (unpaired) electrons. The molecule has 1 nitrogen and oxygen atoms in total. The van der Waals surface area contributed by atoms with Gasteiger partial charge in [-0.2, -0.15) is 0 Å². The van der Waals surface area contributed by atoms with Crippen molar-refractivity contribution >= 4 is 76.2 Å². The largest absolute Gasteiger partial charge is 0.287 e.